The number of amides is 1. The average molecular weight is 266 g/mol. The molecular weight excluding hydrogens is 240 g/mol. The first kappa shape index (κ1) is 13.2. The van der Waals surface area contributed by atoms with E-state index in [1.807, 2.05) is 11.8 Å². The molecule has 4 nitrogen and oxygen atoms in total. The molecule has 0 N–H and O–H groups in total. The number of fused-ring (bicyclic) bond motifs is 3. The van der Waals surface area contributed by atoms with E-state index in [2.05, 4.69) is 11.8 Å². The van der Waals surface area contributed by atoms with Crippen molar-refractivity contribution in [3.8, 4) is 0 Å². The lowest BCUT2D eigenvalue weighted by atomic mass is 9.74. The quantitative estimate of drug-likeness (QED) is 0.786. The third kappa shape index (κ3) is 2.35. The first-order valence-corrected chi connectivity index (χ1v) is 7.90. The van der Waals surface area contributed by atoms with E-state index in [9.17, 15) is 4.79 Å². The molecule has 0 aromatic rings. The van der Waals surface area contributed by atoms with Gasteiger partial charge in [-0.05, 0) is 38.0 Å². The van der Waals surface area contributed by atoms with Crippen molar-refractivity contribution in [1.82, 2.24) is 9.80 Å². The third-order valence-corrected chi connectivity index (χ3v) is 5.33. The molecule has 3 atom stereocenters. The molecule has 108 valence electrons. The van der Waals surface area contributed by atoms with Gasteiger partial charge in [-0.2, -0.15) is 0 Å². The van der Waals surface area contributed by atoms with E-state index in [1.165, 1.54) is 38.8 Å². The van der Waals surface area contributed by atoms with Crippen LogP contribution < -0.4 is 0 Å². The Morgan fingerprint density at radius 3 is 2.58 bits per heavy atom. The van der Waals surface area contributed by atoms with E-state index in [0.29, 0.717) is 18.6 Å². The number of piperidine rings is 2. The minimum Gasteiger partial charge on any atom is -0.450 e. The van der Waals surface area contributed by atoms with Crippen molar-refractivity contribution in [2.24, 2.45) is 11.8 Å². The Labute approximate surface area is 116 Å². The predicted molar refractivity (Wildman–Crippen MR) is 74.0 cm³/mol. The van der Waals surface area contributed by atoms with E-state index < -0.39 is 0 Å². The summed E-state index contributed by atoms with van der Waals surface area (Å²) in [6.07, 6.45) is 4.85. The number of hydrogen-bond acceptors (Lipinski definition) is 3. The number of ether oxygens (including phenoxy) is 1. The molecule has 0 aromatic heterocycles. The molecule has 3 heterocycles. The van der Waals surface area contributed by atoms with E-state index in [1.54, 1.807) is 0 Å². The number of carbonyl (C=O) groups excluding carboxylic acids is 1. The van der Waals surface area contributed by atoms with Crippen molar-refractivity contribution < 1.29 is 9.53 Å². The summed E-state index contributed by atoms with van der Waals surface area (Å²) in [6.45, 7) is 8.14. The van der Waals surface area contributed by atoms with Crippen LogP contribution in [0, 0.1) is 11.8 Å². The van der Waals surface area contributed by atoms with Crippen LogP contribution in [0.2, 0.25) is 0 Å². The van der Waals surface area contributed by atoms with Gasteiger partial charge in [-0.25, -0.2) is 4.79 Å². The molecule has 3 unspecified atom stereocenters. The molecule has 4 aliphatic rings. The predicted octanol–water partition coefficient (Wildman–Crippen LogP) is 2.34. The Morgan fingerprint density at radius 1 is 1.21 bits per heavy atom. The van der Waals surface area contributed by atoms with Gasteiger partial charge < -0.3 is 9.64 Å². The van der Waals surface area contributed by atoms with E-state index >= 15 is 0 Å². The van der Waals surface area contributed by atoms with Crippen LogP contribution in [0.3, 0.4) is 0 Å². The molecule has 3 saturated heterocycles. The molecular formula is C15H26N2O2. The maximum absolute atomic E-state index is 11.9. The van der Waals surface area contributed by atoms with Gasteiger partial charge in [0.2, 0.25) is 0 Å². The summed E-state index contributed by atoms with van der Waals surface area (Å²) in [4.78, 5) is 16.6. The van der Waals surface area contributed by atoms with Crippen LogP contribution in [0.25, 0.3) is 0 Å². The molecule has 2 bridgehead atoms. The van der Waals surface area contributed by atoms with Gasteiger partial charge in [0, 0.05) is 31.7 Å². The standard InChI is InChI=1S/C15H26N2O2/c1-3-11-8-16(9-11)14-7-13-6-5-12(14)10-17(13)15(18)19-4-2/h11-14H,3-10H2,1-2H3. The lowest BCUT2D eigenvalue weighted by molar-refractivity contribution is -0.0596. The minimum atomic E-state index is -0.0919. The molecule has 1 saturated carbocycles. The Kier molecular flexibility index (Phi) is 3.70. The maximum Gasteiger partial charge on any atom is 0.410 e. The Hall–Kier alpha value is -0.770. The summed E-state index contributed by atoms with van der Waals surface area (Å²) in [5, 5.41) is 0. The summed E-state index contributed by atoms with van der Waals surface area (Å²) >= 11 is 0. The molecule has 1 amide bonds. The van der Waals surface area contributed by atoms with Crippen LogP contribution >= 0.6 is 0 Å². The summed E-state index contributed by atoms with van der Waals surface area (Å²) in [5.74, 6) is 1.59. The van der Waals surface area contributed by atoms with Crippen LogP contribution in [0.5, 0.6) is 0 Å². The molecule has 0 spiro atoms. The third-order valence-electron chi connectivity index (χ3n) is 5.33. The molecule has 19 heavy (non-hydrogen) atoms. The summed E-state index contributed by atoms with van der Waals surface area (Å²) in [5.41, 5.74) is 0. The SMILES string of the molecule is CCOC(=O)N1CC2CCC1CC2N1CC(CC)C1. The molecule has 3 aliphatic heterocycles. The highest BCUT2D eigenvalue weighted by Gasteiger charge is 2.47. The van der Waals surface area contributed by atoms with Crippen LogP contribution in [0.15, 0.2) is 0 Å². The monoisotopic (exact) mass is 266 g/mol. The zero-order valence-electron chi connectivity index (χ0n) is 12.2. The second-order valence-corrected chi connectivity index (χ2v) is 6.37. The van der Waals surface area contributed by atoms with Gasteiger partial charge in [-0.3, -0.25) is 4.90 Å². The molecule has 0 radical (unpaired) electrons. The number of carbonyl (C=O) groups is 1. The van der Waals surface area contributed by atoms with Crippen LogP contribution in [-0.2, 0) is 4.74 Å². The van der Waals surface area contributed by atoms with Gasteiger partial charge in [-0.15, -0.1) is 0 Å². The van der Waals surface area contributed by atoms with Crippen LogP contribution in [0.4, 0.5) is 4.79 Å². The fraction of sp³-hybridized carbons (Fsp3) is 0.933. The molecule has 4 heteroatoms. The minimum absolute atomic E-state index is 0.0919. The number of nitrogens with zero attached hydrogens (tertiary/aromatic N) is 2. The fourth-order valence-corrected chi connectivity index (χ4v) is 4.10. The average Bonchev–Trinajstić information content (AvgIpc) is 2.38. The van der Waals surface area contributed by atoms with Crippen molar-refractivity contribution >= 4 is 6.09 Å². The van der Waals surface area contributed by atoms with Crippen LogP contribution in [0.1, 0.15) is 39.5 Å². The van der Waals surface area contributed by atoms with Crippen molar-refractivity contribution in [3.05, 3.63) is 0 Å². The van der Waals surface area contributed by atoms with E-state index in [0.717, 1.165) is 18.5 Å². The second-order valence-electron chi connectivity index (χ2n) is 6.37. The highest BCUT2D eigenvalue weighted by Crippen LogP contribution is 2.40. The Morgan fingerprint density at radius 2 is 2.00 bits per heavy atom. The lowest BCUT2D eigenvalue weighted by Gasteiger charge is -2.55. The summed E-state index contributed by atoms with van der Waals surface area (Å²) < 4.78 is 5.18. The van der Waals surface area contributed by atoms with Gasteiger partial charge in [0.1, 0.15) is 0 Å². The highest BCUT2D eigenvalue weighted by molar-refractivity contribution is 5.68. The molecule has 4 fully saturated rings. The zero-order chi connectivity index (χ0) is 13.4. The van der Waals surface area contributed by atoms with E-state index in [4.69, 9.17) is 4.74 Å². The van der Waals surface area contributed by atoms with Crippen LogP contribution in [-0.4, -0.2) is 54.2 Å². The van der Waals surface area contributed by atoms with Crippen molar-refractivity contribution in [2.45, 2.75) is 51.6 Å². The molecule has 4 rings (SSSR count). The number of hydrogen-bond donors (Lipinski definition) is 0. The number of rotatable bonds is 3. The fourth-order valence-electron chi connectivity index (χ4n) is 4.10. The van der Waals surface area contributed by atoms with E-state index in [-0.39, 0.29) is 6.09 Å². The largest absolute Gasteiger partial charge is 0.450 e. The zero-order valence-corrected chi connectivity index (χ0v) is 12.2. The first-order chi connectivity index (χ1) is 9.22. The molecule has 1 aliphatic carbocycles. The van der Waals surface area contributed by atoms with Crippen molar-refractivity contribution in [3.63, 3.8) is 0 Å². The Bertz CT molecular complexity index is 341. The Balaban J connectivity index is 1.58. The van der Waals surface area contributed by atoms with Crippen molar-refractivity contribution in [1.29, 1.82) is 0 Å². The van der Waals surface area contributed by atoms with Gasteiger partial charge in [-0.1, -0.05) is 13.3 Å². The molecule has 0 aromatic carbocycles. The first-order valence-electron chi connectivity index (χ1n) is 7.90. The lowest BCUT2D eigenvalue weighted by Crippen LogP contribution is -2.64. The van der Waals surface area contributed by atoms with Gasteiger partial charge >= 0.3 is 6.09 Å². The summed E-state index contributed by atoms with van der Waals surface area (Å²) in [7, 11) is 0. The smallest absolute Gasteiger partial charge is 0.410 e. The van der Waals surface area contributed by atoms with Gasteiger partial charge in [0.05, 0.1) is 6.61 Å². The topological polar surface area (TPSA) is 32.8 Å². The maximum atomic E-state index is 11.9. The van der Waals surface area contributed by atoms with Crippen molar-refractivity contribution in [2.75, 3.05) is 26.2 Å². The summed E-state index contributed by atoms with van der Waals surface area (Å²) in [6, 6.07) is 1.15. The normalized spacial score (nSPS) is 35.3. The second kappa shape index (κ2) is 5.31. The van der Waals surface area contributed by atoms with Gasteiger partial charge in [0.25, 0.3) is 0 Å². The highest BCUT2D eigenvalue weighted by atomic mass is 16.6. The van der Waals surface area contributed by atoms with Gasteiger partial charge in [0.15, 0.2) is 0 Å². The number of likely N-dealkylation sites (tertiary alicyclic amines) is 1.